The molecule has 3 rings (SSSR count). The fraction of sp³-hybridized carbons (Fsp3) is 0.400. The molecule has 0 aliphatic carbocycles. The highest BCUT2D eigenvalue weighted by Crippen LogP contribution is 2.41. The van der Waals surface area contributed by atoms with Crippen molar-refractivity contribution in [2.45, 2.75) is 20.0 Å². The van der Waals surface area contributed by atoms with Gasteiger partial charge in [-0.2, -0.15) is 10.2 Å². The van der Waals surface area contributed by atoms with Crippen LogP contribution in [0.1, 0.15) is 12.5 Å². The Bertz CT molecular complexity index is 851. The Morgan fingerprint density at radius 2 is 1.86 bits per heavy atom. The summed E-state index contributed by atoms with van der Waals surface area (Å²) in [7, 11) is 4.83. The average Bonchev–Trinajstić information content (AvgIpc) is 3.41. The van der Waals surface area contributed by atoms with Crippen LogP contribution in [0.25, 0.3) is 11.3 Å². The van der Waals surface area contributed by atoms with E-state index in [1.807, 2.05) is 35.3 Å². The molecule has 2 aromatic heterocycles. The van der Waals surface area contributed by atoms with E-state index < -0.39 is 0 Å². The second-order valence-corrected chi connectivity index (χ2v) is 6.32. The van der Waals surface area contributed by atoms with E-state index in [1.54, 1.807) is 27.5 Å². The molecule has 0 atom stereocenters. The number of nitrogens with one attached hydrogen (secondary N) is 1. The van der Waals surface area contributed by atoms with E-state index in [1.165, 1.54) is 0 Å². The zero-order valence-electron chi connectivity index (χ0n) is 16.8. The number of aromatic amines is 1. The molecule has 2 heterocycles. The van der Waals surface area contributed by atoms with Crippen molar-refractivity contribution in [1.29, 1.82) is 0 Å². The van der Waals surface area contributed by atoms with E-state index in [0.29, 0.717) is 17.2 Å². The lowest BCUT2D eigenvalue weighted by Crippen LogP contribution is -2.27. The lowest BCUT2D eigenvalue weighted by Gasteiger charge is -2.20. The minimum absolute atomic E-state index is 0.573. The maximum Gasteiger partial charge on any atom is 0.203 e. The molecule has 150 valence electrons. The summed E-state index contributed by atoms with van der Waals surface area (Å²) >= 11 is 0. The number of hydrogen-bond donors (Lipinski definition) is 1. The first-order valence-corrected chi connectivity index (χ1v) is 9.22. The highest BCUT2D eigenvalue weighted by Gasteiger charge is 2.18. The highest BCUT2D eigenvalue weighted by molar-refractivity contribution is 5.70. The van der Waals surface area contributed by atoms with Gasteiger partial charge in [-0.05, 0) is 24.7 Å². The van der Waals surface area contributed by atoms with E-state index in [2.05, 4.69) is 27.1 Å². The number of H-pyrrole nitrogens is 1. The zero-order valence-corrected chi connectivity index (χ0v) is 16.8. The number of rotatable bonds is 10. The molecule has 0 fully saturated rings. The molecule has 8 heteroatoms. The molecule has 0 aliphatic rings. The standard InChI is InChI=1S/C20H27N5O3/c1-5-24(9-10-25-8-6-7-22-25)14-16-13-21-23-19(16)15-11-17(26-2)20(28-4)18(12-15)27-3/h6-8,11-13H,5,9-10,14H2,1-4H3,(H,21,23). The van der Waals surface area contributed by atoms with Crippen LogP contribution in [0.5, 0.6) is 17.2 Å². The first-order valence-electron chi connectivity index (χ1n) is 9.22. The van der Waals surface area contributed by atoms with Gasteiger partial charge in [0.15, 0.2) is 11.5 Å². The summed E-state index contributed by atoms with van der Waals surface area (Å²) in [4.78, 5) is 2.36. The SMILES string of the molecule is CCN(CCn1cccn1)Cc1cn[nH]c1-c1cc(OC)c(OC)c(OC)c1. The van der Waals surface area contributed by atoms with Gasteiger partial charge in [0.2, 0.25) is 5.75 Å². The van der Waals surface area contributed by atoms with Crippen molar-refractivity contribution in [3.05, 3.63) is 42.4 Å². The van der Waals surface area contributed by atoms with Gasteiger partial charge in [-0.15, -0.1) is 0 Å². The molecule has 0 saturated heterocycles. The maximum atomic E-state index is 5.48. The van der Waals surface area contributed by atoms with E-state index in [0.717, 1.165) is 43.0 Å². The van der Waals surface area contributed by atoms with Crippen molar-refractivity contribution in [1.82, 2.24) is 24.9 Å². The van der Waals surface area contributed by atoms with Crippen LogP contribution in [0.2, 0.25) is 0 Å². The van der Waals surface area contributed by atoms with Crippen molar-refractivity contribution in [3.63, 3.8) is 0 Å². The normalized spacial score (nSPS) is 11.0. The summed E-state index contributed by atoms with van der Waals surface area (Å²) in [5.74, 6) is 1.80. The minimum Gasteiger partial charge on any atom is -0.493 e. The third kappa shape index (κ3) is 4.28. The van der Waals surface area contributed by atoms with E-state index in [-0.39, 0.29) is 0 Å². The molecule has 0 aliphatic heterocycles. The summed E-state index contributed by atoms with van der Waals surface area (Å²) in [5.41, 5.74) is 2.98. The van der Waals surface area contributed by atoms with Crippen LogP contribution < -0.4 is 14.2 Å². The second-order valence-electron chi connectivity index (χ2n) is 6.32. The first kappa shape index (κ1) is 19.8. The van der Waals surface area contributed by atoms with Crippen molar-refractivity contribution in [2.24, 2.45) is 0 Å². The molecule has 0 unspecified atom stereocenters. The molecule has 0 saturated carbocycles. The summed E-state index contributed by atoms with van der Waals surface area (Å²) in [5, 5.41) is 11.7. The van der Waals surface area contributed by atoms with Crippen LogP contribution in [0, 0.1) is 0 Å². The summed E-state index contributed by atoms with van der Waals surface area (Å²) in [6.07, 6.45) is 5.65. The van der Waals surface area contributed by atoms with Crippen LogP contribution in [0.15, 0.2) is 36.8 Å². The molecular formula is C20H27N5O3. The second kappa shape index (κ2) is 9.27. The molecule has 28 heavy (non-hydrogen) atoms. The number of likely N-dealkylation sites (N-methyl/N-ethyl adjacent to an activating group) is 1. The maximum absolute atomic E-state index is 5.48. The predicted molar refractivity (Wildman–Crippen MR) is 107 cm³/mol. The van der Waals surface area contributed by atoms with Gasteiger partial charge in [-0.3, -0.25) is 14.7 Å². The van der Waals surface area contributed by atoms with Gasteiger partial charge in [-0.25, -0.2) is 0 Å². The Balaban J connectivity index is 1.82. The molecule has 0 bridgehead atoms. The lowest BCUT2D eigenvalue weighted by molar-refractivity contribution is 0.264. The number of aromatic nitrogens is 4. The largest absolute Gasteiger partial charge is 0.493 e. The Labute approximate surface area is 165 Å². The van der Waals surface area contributed by atoms with Crippen LogP contribution in [0.4, 0.5) is 0 Å². The van der Waals surface area contributed by atoms with E-state index in [4.69, 9.17) is 14.2 Å². The summed E-state index contributed by atoms with van der Waals surface area (Å²) in [6.45, 7) is 5.61. The molecule has 1 aromatic carbocycles. The van der Waals surface area contributed by atoms with E-state index in [9.17, 15) is 0 Å². The molecule has 0 radical (unpaired) electrons. The Hall–Kier alpha value is -3.00. The van der Waals surface area contributed by atoms with Crippen molar-refractivity contribution in [2.75, 3.05) is 34.4 Å². The van der Waals surface area contributed by atoms with Crippen LogP contribution in [0.3, 0.4) is 0 Å². The molecule has 8 nitrogen and oxygen atoms in total. The molecule has 0 spiro atoms. The van der Waals surface area contributed by atoms with E-state index >= 15 is 0 Å². The van der Waals surface area contributed by atoms with Gasteiger partial charge in [0.25, 0.3) is 0 Å². The van der Waals surface area contributed by atoms with Gasteiger partial charge < -0.3 is 14.2 Å². The monoisotopic (exact) mass is 385 g/mol. The molecule has 0 amide bonds. The van der Waals surface area contributed by atoms with Gasteiger partial charge in [0.05, 0.1) is 39.8 Å². The number of methoxy groups -OCH3 is 3. The Kier molecular flexibility index (Phi) is 6.54. The zero-order chi connectivity index (χ0) is 19.9. The third-order valence-corrected chi connectivity index (χ3v) is 4.72. The fourth-order valence-corrected chi connectivity index (χ4v) is 3.17. The smallest absolute Gasteiger partial charge is 0.203 e. The van der Waals surface area contributed by atoms with Gasteiger partial charge in [-0.1, -0.05) is 6.92 Å². The number of benzene rings is 1. The Morgan fingerprint density at radius 3 is 2.43 bits per heavy atom. The third-order valence-electron chi connectivity index (χ3n) is 4.72. The van der Waals surface area contributed by atoms with Crippen molar-refractivity contribution < 1.29 is 14.2 Å². The number of nitrogens with zero attached hydrogens (tertiary/aromatic N) is 4. The van der Waals surface area contributed by atoms with Crippen LogP contribution >= 0.6 is 0 Å². The van der Waals surface area contributed by atoms with Crippen LogP contribution in [-0.2, 0) is 13.1 Å². The fourth-order valence-electron chi connectivity index (χ4n) is 3.17. The minimum atomic E-state index is 0.573. The van der Waals surface area contributed by atoms with Crippen LogP contribution in [-0.4, -0.2) is 59.3 Å². The molecule has 3 aromatic rings. The predicted octanol–water partition coefficient (Wildman–Crippen LogP) is 2.82. The number of hydrogen-bond acceptors (Lipinski definition) is 6. The summed E-state index contributed by atoms with van der Waals surface area (Å²) in [6, 6.07) is 5.80. The Morgan fingerprint density at radius 1 is 1.11 bits per heavy atom. The number of ether oxygens (including phenoxy) is 3. The van der Waals surface area contributed by atoms with Crippen molar-refractivity contribution >= 4 is 0 Å². The highest BCUT2D eigenvalue weighted by atomic mass is 16.5. The van der Waals surface area contributed by atoms with Gasteiger partial charge in [0.1, 0.15) is 0 Å². The quantitative estimate of drug-likeness (QED) is 0.578. The molecule has 1 N–H and O–H groups in total. The lowest BCUT2D eigenvalue weighted by atomic mass is 10.1. The average molecular weight is 385 g/mol. The van der Waals surface area contributed by atoms with Gasteiger partial charge in [0, 0.05) is 36.6 Å². The summed E-state index contributed by atoms with van der Waals surface area (Å²) < 4.78 is 18.3. The first-order chi connectivity index (χ1) is 13.7. The topological polar surface area (TPSA) is 77.4 Å². The van der Waals surface area contributed by atoms with Gasteiger partial charge >= 0.3 is 0 Å². The van der Waals surface area contributed by atoms with Crippen molar-refractivity contribution in [3.8, 4) is 28.5 Å². The molecular weight excluding hydrogens is 358 g/mol.